The van der Waals surface area contributed by atoms with Crippen LogP contribution in [0.2, 0.25) is 0 Å². The first kappa shape index (κ1) is 15.9. The molecule has 1 aromatic heterocycles. The third kappa shape index (κ3) is 3.78. The Balaban J connectivity index is 1.96. The van der Waals surface area contributed by atoms with E-state index in [1.165, 1.54) is 11.1 Å². The number of hydrogen-bond acceptors (Lipinski definition) is 5. The first-order chi connectivity index (χ1) is 9.27. The largest absolute Gasteiger partial charge is 0.294 e. The molecule has 0 spiro atoms. The molecule has 0 aromatic carbocycles. The summed E-state index contributed by atoms with van der Waals surface area (Å²) in [6.07, 6.45) is 3.25. The van der Waals surface area contributed by atoms with Gasteiger partial charge in [0.05, 0.1) is 12.8 Å². The van der Waals surface area contributed by atoms with Gasteiger partial charge in [-0.25, -0.2) is 13.4 Å². The number of piperazine rings is 1. The summed E-state index contributed by atoms with van der Waals surface area (Å²) in [7, 11) is -3.08. The number of aromatic nitrogens is 1. The van der Waals surface area contributed by atoms with Crippen molar-refractivity contribution < 1.29 is 8.42 Å². The minimum atomic E-state index is -3.08. The SMILES string of the molecule is CC(C)c1cnc(CN2CCN(S(C)(=O)=O)[C@@H](C)C2)s1. The zero-order valence-corrected chi connectivity index (χ0v) is 14.2. The van der Waals surface area contributed by atoms with Crippen molar-refractivity contribution >= 4 is 21.4 Å². The second-order valence-corrected chi connectivity index (χ2v) is 8.85. The molecule has 20 heavy (non-hydrogen) atoms. The average molecular weight is 317 g/mol. The molecule has 0 saturated carbocycles. The summed E-state index contributed by atoms with van der Waals surface area (Å²) in [5.74, 6) is 0.516. The Hall–Kier alpha value is -0.500. The van der Waals surface area contributed by atoms with E-state index in [-0.39, 0.29) is 6.04 Å². The highest BCUT2D eigenvalue weighted by Crippen LogP contribution is 2.23. The summed E-state index contributed by atoms with van der Waals surface area (Å²) in [4.78, 5) is 8.06. The van der Waals surface area contributed by atoms with Gasteiger partial charge in [-0.15, -0.1) is 11.3 Å². The summed E-state index contributed by atoms with van der Waals surface area (Å²) in [6, 6.07) is 0.0308. The Labute approximate surface area is 125 Å². The van der Waals surface area contributed by atoms with Crippen LogP contribution in [0.4, 0.5) is 0 Å². The monoisotopic (exact) mass is 317 g/mol. The van der Waals surface area contributed by atoms with Gasteiger partial charge in [0.2, 0.25) is 10.0 Å². The van der Waals surface area contributed by atoms with Crippen LogP contribution in [-0.4, -0.2) is 54.5 Å². The molecule has 7 heteroatoms. The molecule has 1 atom stereocenters. The molecule has 1 aromatic rings. The van der Waals surface area contributed by atoms with Gasteiger partial charge in [0.1, 0.15) is 5.01 Å². The highest BCUT2D eigenvalue weighted by atomic mass is 32.2. The van der Waals surface area contributed by atoms with Crippen molar-refractivity contribution in [2.45, 2.75) is 39.3 Å². The molecule has 1 aliphatic rings. The molecule has 2 heterocycles. The molecular formula is C13H23N3O2S2. The highest BCUT2D eigenvalue weighted by Gasteiger charge is 2.29. The molecule has 1 aliphatic heterocycles. The fourth-order valence-electron chi connectivity index (χ4n) is 2.51. The highest BCUT2D eigenvalue weighted by molar-refractivity contribution is 7.88. The molecule has 0 radical (unpaired) electrons. The van der Waals surface area contributed by atoms with Gasteiger partial charge in [-0.1, -0.05) is 13.8 Å². The first-order valence-corrected chi connectivity index (χ1v) is 9.57. The lowest BCUT2D eigenvalue weighted by Crippen LogP contribution is -2.53. The molecule has 114 valence electrons. The molecule has 5 nitrogen and oxygen atoms in total. The number of sulfonamides is 1. The fraction of sp³-hybridized carbons (Fsp3) is 0.769. The number of hydrogen-bond donors (Lipinski definition) is 0. The van der Waals surface area contributed by atoms with Crippen molar-refractivity contribution in [3.8, 4) is 0 Å². The van der Waals surface area contributed by atoms with Crippen LogP contribution in [0.15, 0.2) is 6.20 Å². The van der Waals surface area contributed by atoms with Gasteiger partial charge in [0.25, 0.3) is 0 Å². The van der Waals surface area contributed by atoms with E-state index in [0.29, 0.717) is 12.5 Å². The van der Waals surface area contributed by atoms with E-state index in [1.54, 1.807) is 15.6 Å². The maximum Gasteiger partial charge on any atom is 0.211 e. The Morgan fingerprint density at radius 2 is 2.15 bits per heavy atom. The lowest BCUT2D eigenvalue weighted by atomic mass is 10.2. The summed E-state index contributed by atoms with van der Waals surface area (Å²) in [5.41, 5.74) is 0. The van der Waals surface area contributed by atoms with E-state index in [0.717, 1.165) is 24.6 Å². The van der Waals surface area contributed by atoms with Crippen LogP contribution in [0.25, 0.3) is 0 Å². The standard InChI is InChI=1S/C13H23N3O2S2/c1-10(2)12-7-14-13(19-12)9-15-5-6-16(11(3)8-15)20(4,17)18/h7,10-11H,5-6,8-9H2,1-4H3/t11-/m0/s1. The zero-order valence-electron chi connectivity index (χ0n) is 12.5. The van der Waals surface area contributed by atoms with Crippen LogP contribution in [0.3, 0.4) is 0 Å². The quantitative estimate of drug-likeness (QED) is 0.849. The van der Waals surface area contributed by atoms with E-state index in [1.807, 2.05) is 13.1 Å². The van der Waals surface area contributed by atoms with E-state index in [2.05, 4.69) is 23.7 Å². The van der Waals surface area contributed by atoms with Gasteiger partial charge in [0, 0.05) is 36.8 Å². The fourth-order valence-corrected chi connectivity index (χ4v) is 4.61. The molecule has 1 fully saturated rings. The van der Waals surface area contributed by atoms with Crippen LogP contribution in [-0.2, 0) is 16.6 Å². The molecule has 0 N–H and O–H groups in total. The third-order valence-electron chi connectivity index (χ3n) is 3.58. The van der Waals surface area contributed by atoms with Crippen molar-refractivity contribution in [1.29, 1.82) is 0 Å². The second-order valence-electron chi connectivity index (χ2n) is 5.77. The van der Waals surface area contributed by atoms with Crippen LogP contribution >= 0.6 is 11.3 Å². The van der Waals surface area contributed by atoms with Crippen LogP contribution < -0.4 is 0 Å². The predicted octanol–water partition coefficient (Wildman–Crippen LogP) is 1.73. The van der Waals surface area contributed by atoms with Gasteiger partial charge >= 0.3 is 0 Å². The van der Waals surface area contributed by atoms with Crippen molar-refractivity contribution in [2.75, 3.05) is 25.9 Å². The lowest BCUT2D eigenvalue weighted by molar-refractivity contribution is 0.138. The van der Waals surface area contributed by atoms with Crippen molar-refractivity contribution in [1.82, 2.24) is 14.2 Å². The zero-order chi connectivity index (χ0) is 14.9. The predicted molar refractivity (Wildman–Crippen MR) is 82.5 cm³/mol. The lowest BCUT2D eigenvalue weighted by Gasteiger charge is -2.37. The molecule has 1 saturated heterocycles. The maximum absolute atomic E-state index is 11.6. The van der Waals surface area contributed by atoms with Crippen LogP contribution in [0, 0.1) is 0 Å². The number of rotatable bonds is 4. The molecular weight excluding hydrogens is 294 g/mol. The molecule has 2 rings (SSSR count). The molecule has 0 bridgehead atoms. The summed E-state index contributed by atoms with van der Waals surface area (Å²) in [6.45, 7) is 9.24. The number of nitrogens with zero attached hydrogens (tertiary/aromatic N) is 3. The Morgan fingerprint density at radius 1 is 1.45 bits per heavy atom. The van der Waals surface area contributed by atoms with E-state index in [4.69, 9.17) is 0 Å². The number of thiazole rings is 1. The van der Waals surface area contributed by atoms with Crippen molar-refractivity contribution in [2.24, 2.45) is 0 Å². The molecule has 0 amide bonds. The minimum absolute atomic E-state index is 0.0308. The van der Waals surface area contributed by atoms with Crippen molar-refractivity contribution in [3.63, 3.8) is 0 Å². The minimum Gasteiger partial charge on any atom is -0.294 e. The molecule has 0 aliphatic carbocycles. The van der Waals surface area contributed by atoms with Gasteiger partial charge in [-0.2, -0.15) is 4.31 Å². The Morgan fingerprint density at radius 3 is 2.65 bits per heavy atom. The molecule has 0 unspecified atom stereocenters. The first-order valence-electron chi connectivity index (χ1n) is 6.91. The van der Waals surface area contributed by atoms with Crippen LogP contribution in [0.5, 0.6) is 0 Å². The maximum atomic E-state index is 11.6. The summed E-state index contributed by atoms with van der Waals surface area (Å²) in [5, 5.41) is 1.12. The van der Waals surface area contributed by atoms with E-state index >= 15 is 0 Å². The smallest absolute Gasteiger partial charge is 0.211 e. The van der Waals surface area contributed by atoms with Crippen LogP contribution in [0.1, 0.15) is 36.6 Å². The van der Waals surface area contributed by atoms with Gasteiger partial charge in [-0.05, 0) is 12.8 Å². The van der Waals surface area contributed by atoms with Gasteiger partial charge in [0.15, 0.2) is 0 Å². The van der Waals surface area contributed by atoms with Gasteiger partial charge in [-0.3, -0.25) is 4.90 Å². The second kappa shape index (κ2) is 6.09. The van der Waals surface area contributed by atoms with Gasteiger partial charge < -0.3 is 0 Å². The average Bonchev–Trinajstić information content (AvgIpc) is 2.76. The van der Waals surface area contributed by atoms with E-state index in [9.17, 15) is 8.42 Å². The normalized spacial score (nSPS) is 22.6. The summed E-state index contributed by atoms with van der Waals surface area (Å²) < 4.78 is 24.9. The Bertz CT molecular complexity index is 554. The third-order valence-corrected chi connectivity index (χ3v) is 6.25. The summed E-state index contributed by atoms with van der Waals surface area (Å²) >= 11 is 1.76. The van der Waals surface area contributed by atoms with Crippen molar-refractivity contribution in [3.05, 3.63) is 16.1 Å². The Kier molecular flexibility index (Phi) is 4.84. The topological polar surface area (TPSA) is 53.5 Å². The van der Waals surface area contributed by atoms with E-state index < -0.39 is 10.0 Å².